The summed E-state index contributed by atoms with van der Waals surface area (Å²) in [6.45, 7) is 7.11. The summed E-state index contributed by atoms with van der Waals surface area (Å²) in [7, 11) is -3.13. The van der Waals surface area contributed by atoms with Gasteiger partial charge in [-0.1, -0.05) is 32.6 Å². The Morgan fingerprint density at radius 3 is 1.84 bits per heavy atom. The molecule has 8 heteroatoms. The summed E-state index contributed by atoms with van der Waals surface area (Å²) in [5.74, 6) is -0.349. The number of hydrogen-bond donors (Lipinski definition) is 2. The SMILES string of the molecule is CCCCCCCNC(=O)CCC(=O)NCCP(=O)(OCC)OCC. The predicted molar refractivity (Wildman–Crippen MR) is 99.7 cm³/mol. The second-order valence-electron chi connectivity index (χ2n) is 5.78. The summed E-state index contributed by atoms with van der Waals surface area (Å²) < 4.78 is 22.5. The standard InChI is InChI=1S/C17H35N2O5P/c1-4-7-8-9-10-13-18-16(20)11-12-17(21)19-14-15-25(22,23-5-2)24-6-3/h4-15H2,1-3H3,(H,18,20)(H,19,21). The smallest absolute Gasteiger partial charge is 0.332 e. The number of amides is 2. The summed E-state index contributed by atoms with van der Waals surface area (Å²) >= 11 is 0. The molecule has 0 saturated heterocycles. The monoisotopic (exact) mass is 378 g/mol. The van der Waals surface area contributed by atoms with Gasteiger partial charge in [0.2, 0.25) is 11.8 Å². The van der Waals surface area contributed by atoms with Crippen LogP contribution < -0.4 is 10.6 Å². The van der Waals surface area contributed by atoms with E-state index in [1.165, 1.54) is 19.3 Å². The molecule has 0 aliphatic rings. The Balaban J connectivity index is 3.78. The number of carbonyl (C=O) groups excluding carboxylic acids is 2. The lowest BCUT2D eigenvalue weighted by molar-refractivity contribution is -0.126. The van der Waals surface area contributed by atoms with Gasteiger partial charge in [-0.2, -0.15) is 0 Å². The predicted octanol–water partition coefficient (Wildman–Crippen LogP) is 3.24. The van der Waals surface area contributed by atoms with E-state index in [4.69, 9.17) is 9.05 Å². The van der Waals surface area contributed by atoms with E-state index in [2.05, 4.69) is 17.6 Å². The first-order chi connectivity index (χ1) is 12.0. The van der Waals surface area contributed by atoms with Gasteiger partial charge in [-0.15, -0.1) is 0 Å². The van der Waals surface area contributed by atoms with E-state index in [1.807, 2.05) is 0 Å². The average Bonchev–Trinajstić information content (AvgIpc) is 2.56. The fraction of sp³-hybridized carbons (Fsp3) is 0.882. The molecule has 2 amide bonds. The maximum Gasteiger partial charge on any atom is 0.332 e. The Morgan fingerprint density at radius 1 is 0.800 bits per heavy atom. The fourth-order valence-electron chi connectivity index (χ4n) is 2.25. The molecule has 0 atom stereocenters. The molecule has 2 N–H and O–H groups in total. The zero-order valence-electron chi connectivity index (χ0n) is 16.0. The van der Waals surface area contributed by atoms with E-state index >= 15 is 0 Å². The van der Waals surface area contributed by atoms with E-state index in [0.29, 0.717) is 19.8 Å². The molecule has 0 heterocycles. The Bertz CT molecular complexity index is 408. The highest BCUT2D eigenvalue weighted by Gasteiger charge is 2.23. The van der Waals surface area contributed by atoms with Gasteiger partial charge in [-0.3, -0.25) is 14.2 Å². The topological polar surface area (TPSA) is 93.7 Å². The highest BCUT2D eigenvalue weighted by atomic mass is 31.2. The van der Waals surface area contributed by atoms with Gasteiger partial charge in [0.25, 0.3) is 0 Å². The molecule has 0 spiro atoms. The maximum atomic E-state index is 12.2. The minimum Gasteiger partial charge on any atom is -0.356 e. The first-order valence-electron chi connectivity index (χ1n) is 9.39. The molecule has 0 rings (SSSR count). The van der Waals surface area contributed by atoms with Gasteiger partial charge in [0, 0.05) is 25.9 Å². The molecule has 0 aliphatic heterocycles. The van der Waals surface area contributed by atoms with Gasteiger partial charge >= 0.3 is 7.60 Å². The highest BCUT2D eigenvalue weighted by Crippen LogP contribution is 2.47. The first-order valence-corrected chi connectivity index (χ1v) is 11.1. The van der Waals surface area contributed by atoms with Crippen LogP contribution in [-0.2, 0) is 23.2 Å². The highest BCUT2D eigenvalue weighted by molar-refractivity contribution is 7.53. The number of nitrogens with one attached hydrogen (secondary N) is 2. The van der Waals surface area contributed by atoms with Crippen molar-refractivity contribution in [2.24, 2.45) is 0 Å². The van der Waals surface area contributed by atoms with Gasteiger partial charge in [-0.05, 0) is 20.3 Å². The molecule has 148 valence electrons. The Hall–Kier alpha value is -0.910. The number of hydrogen-bond acceptors (Lipinski definition) is 5. The molecule has 0 unspecified atom stereocenters. The molecule has 25 heavy (non-hydrogen) atoms. The summed E-state index contributed by atoms with van der Waals surface area (Å²) in [6.07, 6.45) is 6.13. The lowest BCUT2D eigenvalue weighted by Gasteiger charge is -2.17. The lowest BCUT2D eigenvalue weighted by Crippen LogP contribution is -2.30. The van der Waals surface area contributed by atoms with Crippen LogP contribution in [0.2, 0.25) is 0 Å². The van der Waals surface area contributed by atoms with Gasteiger partial charge < -0.3 is 19.7 Å². The normalized spacial score (nSPS) is 11.3. The summed E-state index contributed by atoms with van der Waals surface area (Å²) in [6, 6.07) is 0. The maximum absolute atomic E-state index is 12.2. The van der Waals surface area contributed by atoms with Crippen LogP contribution in [0.15, 0.2) is 0 Å². The molecule has 0 aliphatic carbocycles. The summed E-state index contributed by atoms with van der Waals surface area (Å²) in [4.78, 5) is 23.4. The summed E-state index contributed by atoms with van der Waals surface area (Å²) in [5.41, 5.74) is 0. The minimum absolute atomic E-state index is 0.111. The van der Waals surface area contributed by atoms with E-state index in [0.717, 1.165) is 12.8 Å². The van der Waals surface area contributed by atoms with Crippen LogP contribution in [0.4, 0.5) is 0 Å². The van der Waals surface area contributed by atoms with Crippen LogP contribution in [0.1, 0.15) is 65.7 Å². The van der Waals surface area contributed by atoms with Crippen molar-refractivity contribution in [3.8, 4) is 0 Å². The fourth-order valence-corrected chi connectivity index (χ4v) is 3.76. The Morgan fingerprint density at radius 2 is 1.32 bits per heavy atom. The zero-order chi connectivity index (χ0) is 19.0. The second kappa shape index (κ2) is 15.4. The molecule has 0 saturated carbocycles. The van der Waals surface area contributed by atoms with Crippen molar-refractivity contribution >= 4 is 19.4 Å². The minimum atomic E-state index is -3.13. The average molecular weight is 378 g/mol. The van der Waals surface area contributed by atoms with Crippen LogP contribution >= 0.6 is 7.60 Å². The molecular formula is C17H35N2O5P. The molecule has 0 fully saturated rings. The van der Waals surface area contributed by atoms with Gasteiger partial charge in [0.1, 0.15) is 0 Å². The van der Waals surface area contributed by atoms with E-state index in [9.17, 15) is 14.2 Å². The first kappa shape index (κ1) is 24.1. The Kier molecular flexibility index (Phi) is 14.8. The molecular weight excluding hydrogens is 343 g/mol. The van der Waals surface area contributed by atoms with Crippen LogP contribution in [0, 0.1) is 0 Å². The van der Waals surface area contributed by atoms with Crippen molar-refractivity contribution < 1.29 is 23.2 Å². The van der Waals surface area contributed by atoms with Gasteiger partial charge in [0.15, 0.2) is 0 Å². The van der Waals surface area contributed by atoms with E-state index < -0.39 is 7.60 Å². The molecule has 0 aromatic carbocycles. The van der Waals surface area contributed by atoms with Crippen LogP contribution in [0.25, 0.3) is 0 Å². The summed E-state index contributed by atoms with van der Waals surface area (Å²) in [5, 5.41) is 5.48. The van der Waals surface area contributed by atoms with Crippen molar-refractivity contribution in [1.29, 1.82) is 0 Å². The molecule has 0 aromatic heterocycles. The second-order valence-corrected chi connectivity index (χ2v) is 7.97. The lowest BCUT2D eigenvalue weighted by atomic mass is 10.1. The van der Waals surface area contributed by atoms with Crippen LogP contribution in [-0.4, -0.2) is 44.3 Å². The number of carbonyl (C=O) groups is 2. The number of rotatable bonds is 16. The van der Waals surface area contributed by atoms with E-state index in [-0.39, 0.29) is 37.4 Å². The Labute approximate surface area is 152 Å². The van der Waals surface area contributed by atoms with Gasteiger partial charge in [-0.25, -0.2) is 0 Å². The molecule has 0 aromatic rings. The van der Waals surface area contributed by atoms with Crippen molar-refractivity contribution in [3.05, 3.63) is 0 Å². The third-order valence-electron chi connectivity index (χ3n) is 3.54. The van der Waals surface area contributed by atoms with Crippen LogP contribution in [0.5, 0.6) is 0 Å². The quantitative estimate of drug-likeness (QED) is 0.318. The van der Waals surface area contributed by atoms with Crippen molar-refractivity contribution in [2.45, 2.75) is 65.7 Å². The third-order valence-corrected chi connectivity index (χ3v) is 5.62. The zero-order valence-corrected chi connectivity index (χ0v) is 16.9. The van der Waals surface area contributed by atoms with Crippen molar-refractivity contribution in [1.82, 2.24) is 10.6 Å². The number of unbranched alkanes of at least 4 members (excludes halogenated alkanes) is 4. The largest absolute Gasteiger partial charge is 0.356 e. The third kappa shape index (κ3) is 14.0. The van der Waals surface area contributed by atoms with E-state index in [1.54, 1.807) is 13.8 Å². The van der Waals surface area contributed by atoms with Gasteiger partial charge in [0.05, 0.1) is 19.4 Å². The van der Waals surface area contributed by atoms with Crippen molar-refractivity contribution in [3.63, 3.8) is 0 Å². The van der Waals surface area contributed by atoms with Crippen molar-refractivity contribution in [2.75, 3.05) is 32.5 Å². The molecule has 0 bridgehead atoms. The van der Waals surface area contributed by atoms with Crippen LogP contribution in [0.3, 0.4) is 0 Å². The molecule has 7 nitrogen and oxygen atoms in total. The molecule has 0 radical (unpaired) electrons.